The van der Waals surface area contributed by atoms with Crippen LogP contribution >= 0.6 is 0 Å². The van der Waals surface area contributed by atoms with Gasteiger partial charge in [0.1, 0.15) is 0 Å². The molecule has 1 saturated heterocycles. The molecule has 0 bridgehead atoms. The van der Waals surface area contributed by atoms with E-state index in [0.29, 0.717) is 18.7 Å². The summed E-state index contributed by atoms with van der Waals surface area (Å²) in [5.41, 5.74) is 0.467. The third-order valence-electron chi connectivity index (χ3n) is 2.83. The van der Waals surface area contributed by atoms with Gasteiger partial charge in [0.25, 0.3) is 0 Å². The van der Waals surface area contributed by atoms with Gasteiger partial charge in [-0.25, -0.2) is 8.42 Å². The predicted molar refractivity (Wildman–Crippen MR) is 60.4 cm³/mol. The van der Waals surface area contributed by atoms with Crippen LogP contribution in [0.25, 0.3) is 0 Å². The van der Waals surface area contributed by atoms with Crippen LogP contribution in [0.15, 0.2) is 29.2 Å². The summed E-state index contributed by atoms with van der Waals surface area (Å²) in [7, 11) is -3.41. The second kappa shape index (κ2) is 4.53. The third kappa shape index (κ3) is 1.98. The van der Waals surface area contributed by atoms with Gasteiger partial charge in [0.15, 0.2) is 0 Å². The maximum absolute atomic E-state index is 12.2. The second-order valence-electron chi connectivity index (χ2n) is 3.88. The van der Waals surface area contributed by atoms with E-state index in [1.165, 1.54) is 4.31 Å². The molecule has 0 atom stereocenters. The Balaban J connectivity index is 2.42. The fourth-order valence-electron chi connectivity index (χ4n) is 1.95. The van der Waals surface area contributed by atoms with Gasteiger partial charge in [0, 0.05) is 13.1 Å². The molecule has 0 saturated carbocycles. The first-order valence-electron chi connectivity index (χ1n) is 5.35. The lowest BCUT2D eigenvalue weighted by Crippen LogP contribution is -2.28. The lowest BCUT2D eigenvalue weighted by atomic mass is 10.2. The van der Waals surface area contributed by atoms with Crippen LogP contribution in [0.2, 0.25) is 0 Å². The zero-order valence-corrected chi connectivity index (χ0v) is 9.78. The quantitative estimate of drug-likeness (QED) is 0.857. The van der Waals surface area contributed by atoms with Gasteiger partial charge in [-0.15, -0.1) is 0 Å². The molecule has 0 radical (unpaired) electrons. The van der Waals surface area contributed by atoms with Crippen LogP contribution in [0, 0.1) is 0 Å². The summed E-state index contributed by atoms with van der Waals surface area (Å²) < 4.78 is 25.9. The van der Waals surface area contributed by atoms with E-state index in [4.69, 9.17) is 5.11 Å². The fourth-order valence-corrected chi connectivity index (χ4v) is 3.69. The lowest BCUT2D eigenvalue weighted by Gasteiger charge is -2.17. The van der Waals surface area contributed by atoms with E-state index in [1.54, 1.807) is 24.3 Å². The van der Waals surface area contributed by atoms with Crippen molar-refractivity contribution in [2.45, 2.75) is 24.3 Å². The van der Waals surface area contributed by atoms with E-state index in [9.17, 15) is 8.42 Å². The average molecular weight is 241 g/mol. The first kappa shape index (κ1) is 11.6. The van der Waals surface area contributed by atoms with Gasteiger partial charge in [-0.05, 0) is 24.5 Å². The Hall–Kier alpha value is -0.910. The number of aliphatic hydroxyl groups is 1. The molecule has 5 heteroatoms. The van der Waals surface area contributed by atoms with Crippen molar-refractivity contribution in [1.82, 2.24) is 4.31 Å². The second-order valence-corrected chi connectivity index (χ2v) is 5.78. The number of hydrogen-bond acceptors (Lipinski definition) is 3. The standard InChI is InChI=1S/C11H15NO3S/c13-9-10-5-1-2-6-11(10)16(14,15)12-7-3-4-8-12/h1-2,5-6,13H,3-4,7-9H2. The molecular formula is C11H15NO3S. The minimum Gasteiger partial charge on any atom is -0.392 e. The van der Waals surface area contributed by atoms with Crippen LogP contribution in [0.4, 0.5) is 0 Å². The molecular weight excluding hydrogens is 226 g/mol. The highest BCUT2D eigenvalue weighted by Crippen LogP contribution is 2.23. The molecule has 1 N–H and O–H groups in total. The Bertz CT molecular complexity index is 464. The molecule has 0 spiro atoms. The van der Waals surface area contributed by atoms with E-state index in [-0.39, 0.29) is 11.5 Å². The normalized spacial score (nSPS) is 17.8. The lowest BCUT2D eigenvalue weighted by molar-refractivity contribution is 0.278. The van der Waals surface area contributed by atoms with Crippen molar-refractivity contribution in [3.05, 3.63) is 29.8 Å². The molecule has 4 nitrogen and oxygen atoms in total. The molecule has 1 aliphatic rings. The third-order valence-corrected chi connectivity index (χ3v) is 4.82. The predicted octanol–water partition coefficient (Wildman–Crippen LogP) is 0.963. The summed E-state index contributed by atoms with van der Waals surface area (Å²) in [6.45, 7) is 0.924. The maximum Gasteiger partial charge on any atom is 0.243 e. The molecule has 1 aliphatic heterocycles. The smallest absolute Gasteiger partial charge is 0.243 e. The highest BCUT2D eigenvalue weighted by Gasteiger charge is 2.28. The van der Waals surface area contributed by atoms with E-state index in [1.807, 2.05) is 0 Å². The van der Waals surface area contributed by atoms with Gasteiger partial charge in [-0.1, -0.05) is 18.2 Å². The van der Waals surface area contributed by atoms with Crippen LogP contribution in [0.1, 0.15) is 18.4 Å². The molecule has 1 heterocycles. The van der Waals surface area contributed by atoms with E-state index in [2.05, 4.69) is 0 Å². The Labute approximate surface area is 95.6 Å². The largest absolute Gasteiger partial charge is 0.392 e. The van der Waals surface area contributed by atoms with Crippen LogP contribution in [-0.4, -0.2) is 30.9 Å². The number of sulfonamides is 1. The molecule has 0 unspecified atom stereocenters. The Morgan fingerprint density at radius 3 is 2.44 bits per heavy atom. The van der Waals surface area contributed by atoms with Gasteiger partial charge in [0.05, 0.1) is 11.5 Å². The molecule has 88 valence electrons. The SMILES string of the molecule is O=S(=O)(c1ccccc1CO)N1CCCC1. The number of rotatable bonds is 3. The number of nitrogens with zero attached hydrogens (tertiary/aromatic N) is 1. The summed E-state index contributed by atoms with van der Waals surface area (Å²) in [6.07, 6.45) is 1.83. The number of hydrogen-bond donors (Lipinski definition) is 1. The van der Waals surface area contributed by atoms with Crippen molar-refractivity contribution in [2.75, 3.05) is 13.1 Å². The van der Waals surface area contributed by atoms with E-state index >= 15 is 0 Å². The highest BCUT2D eigenvalue weighted by molar-refractivity contribution is 7.89. The molecule has 2 rings (SSSR count). The van der Waals surface area contributed by atoms with E-state index in [0.717, 1.165) is 12.8 Å². The van der Waals surface area contributed by atoms with Crippen molar-refractivity contribution >= 4 is 10.0 Å². The van der Waals surface area contributed by atoms with Crippen molar-refractivity contribution in [3.63, 3.8) is 0 Å². The van der Waals surface area contributed by atoms with Gasteiger partial charge >= 0.3 is 0 Å². The summed E-state index contributed by atoms with van der Waals surface area (Å²) in [4.78, 5) is 0.236. The minimum atomic E-state index is -3.41. The molecule has 1 aromatic rings. The molecule has 1 fully saturated rings. The summed E-state index contributed by atoms with van der Waals surface area (Å²) >= 11 is 0. The topological polar surface area (TPSA) is 57.6 Å². The van der Waals surface area contributed by atoms with Gasteiger partial charge in [0.2, 0.25) is 10.0 Å². The van der Waals surface area contributed by atoms with Crippen LogP contribution in [-0.2, 0) is 16.6 Å². The summed E-state index contributed by atoms with van der Waals surface area (Å²) in [5, 5.41) is 9.14. The van der Waals surface area contributed by atoms with E-state index < -0.39 is 10.0 Å². The molecule has 0 amide bonds. The summed E-state index contributed by atoms with van der Waals surface area (Å²) in [5.74, 6) is 0. The van der Waals surface area contributed by atoms with Gasteiger partial charge in [-0.3, -0.25) is 0 Å². The van der Waals surface area contributed by atoms with Crippen molar-refractivity contribution in [2.24, 2.45) is 0 Å². The van der Waals surface area contributed by atoms with Gasteiger partial charge < -0.3 is 5.11 Å². The van der Waals surface area contributed by atoms with Gasteiger partial charge in [-0.2, -0.15) is 4.31 Å². The van der Waals surface area contributed by atoms with Crippen LogP contribution < -0.4 is 0 Å². The minimum absolute atomic E-state index is 0.236. The summed E-state index contributed by atoms with van der Waals surface area (Å²) in [6, 6.07) is 6.61. The van der Waals surface area contributed by atoms with Crippen molar-refractivity contribution in [3.8, 4) is 0 Å². The Kier molecular flexibility index (Phi) is 3.28. The maximum atomic E-state index is 12.2. The molecule has 1 aromatic carbocycles. The highest BCUT2D eigenvalue weighted by atomic mass is 32.2. The van der Waals surface area contributed by atoms with Crippen molar-refractivity contribution in [1.29, 1.82) is 0 Å². The molecule has 0 aromatic heterocycles. The average Bonchev–Trinajstić information content (AvgIpc) is 2.83. The van der Waals surface area contributed by atoms with Crippen LogP contribution in [0.5, 0.6) is 0 Å². The fraction of sp³-hybridized carbons (Fsp3) is 0.455. The first-order chi connectivity index (χ1) is 7.66. The zero-order chi connectivity index (χ0) is 11.6. The number of aliphatic hydroxyl groups excluding tert-OH is 1. The zero-order valence-electron chi connectivity index (χ0n) is 8.96. The molecule has 0 aliphatic carbocycles. The molecule has 16 heavy (non-hydrogen) atoms. The monoisotopic (exact) mass is 241 g/mol. The number of benzene rings is 1. The van der Waals surface area contributed by atoms with Crippen LogP contribution in [0.3, 0.4) is 0 Å². The Morgan fingerprint density at radius 1 is 1.19 bits per heavy atom. The Morgan fingerprint density at radius 2 is 1.81 bits per heavy atom. The first-order valence-corrected chi connectivity index (χ1v) is 6.79. The van der Waals surface area contributed by atoms with Crippen molar-refractivity contribution < 1.29 is 13.5 Å².